The highest BCUT2D eigenvalue weighted by molar-refractivity contribution is 7.86. The number of carbonyl (C=O) groups is 1. The van der Waals surface area contributed by atoms with E-state index in [1.807, 2.05) is 0 Å². The fourth-order valence-electron chi connectivity index (χ4n) is 1.57. The third-order valence-electron chi connectivity index (χ3n) is 2.43. The lowest BCUT2D eigenvalue weighted by Crippen LogP contribution is -2.58. The molecular weight excluding hydrogens is 218 g/mol. The number of amides is 1. The van der Waals surface area contributed by atoms with Crippen molar-refractivity contribution in [2.24, 2.45) is 0 Å². The predicted molar refractivity (Wildman–Crippen MR) is 56.4 cm³/mol. The summed E-state index contributed by atoms with van der Waals surface area (Å²) in [6, 6.07) is -0.578. The molecule has 0 aromatic heterocycles. The van der Waals surface area contributed by atoms with Gasteiger partial charge in [0.2, 0.25) is 5.91 Å². The van der Waals surface area contributed by atoms with E-state index < -0.39 is 16.3 Å². The average molecular weight is 235 g/mol. The second-order valence-electron chi connectivity index (χ2n) is 3.62. The molecular formula is C8H17N3O3S. The number of nitrogens with one attached hydrogen (secondary N) is 1. The van der Waals surface area contributed by atoms with Gasteiger partial charge in [0, 0.05) is 27.2 Å². The van der Waals surface area contributed by atoms with Crippen molar-refractivity contribution in [1.82, 2.24) is 13.9 Å². The molecule has 0 bridgehead atoms. The van der Waals surface area contributed by atoms with E-state index in [-0.39, 0.29) is 5.91 Å². The van der Waals surface area contributed by atoms with Gasteiger partial charge in [0.15, 0.2) is 0 Å². The summed E-state index contributed by atoms with van der Waals surface area (Å²) in [4.78, 5) is 11.5. The van der Waals surface area contributed by atoms with Gasteiger partial charge in [-0.1, -0.05) is 6.92 Å². The summed E-state index contributed by atoms with van der Waals surface area (Å²) in [5.74, 6) is -0.214. The maximum Gasteiger partial charge on any atom is 0.282 e. The minimum atomic E-state index is -3.49. The topological polar surface area (TPSA) is 69.7 Å². The van der Waals surface area contributed by atoms with Crippen molar-refractivity contribution in [2.75, 3.05) is 27.2 Å². The van der Waals surface area contributed by atoms with Crippen LogP contribution < -0.4 is 5.32 Å². The minimum absolute atomic E-state index is 0.214. The highest BCUT2D eigenvalue weighted by Gasteiger charge is 2.37. The predicted octanol–water partition coefficient (Wildman–Crippen LogP) is -0.997. The number of nitrogens with zero attached hydrogens (tertiary/aromatic N) is 2. The lowest BCUT2D eigenvalue weighted by Gasteiger charge is -2.34. The first-order valence-corrected chi connectivity index (χ1v) is 6.28. The summed E-state index contributed by atoms with van der Waals surface area (Å²) in [6.45, 7) is 2.51. The van der Waals surface area contributed by atoms with Crippen LogP contribution in [0.1, 0.15) is 13.3 Å². The van der Waals surface area contributed by atoms with Crippen LogP contribution in [0.5, 0.6) is 0 Å². The summed E-state index contributed by atoms with van der Waals surface area (Å²) in [5, 5.41) is 2.66. The smallest absolute Gasteiger partial charge is 0.282 e. The van der Waals surface area contributed by atoms with Crippen molar-refractivity contribution < 1.29 is 13.2 Å². The molecule has 1 aliphatic heterocycles. The Balaban J connectivity index is 2.97. The van der Waals surface area contributed by atoms with E-state index in [0.717, 1.165) is 4.31 Å². The first kappa shape index (κ1) is 12.4. The first-order chi connectivity index (χ1) is 6.91. The Morgan fingerprint density at radius 3 is 2.60 bits per heavy atom. The molecule has 1 amide bonds. The van der Waals surface area contributed by atoms with Gasteiger partial charge < -0.3 is 5.32 Å². The van der Waals surface area contributed by atoms with E-state index in [9.17, 15) is 13.2 Å². The minimum Gasteiger partial charge on any atom is -0.353 e. The summed E-state index contributed by atoms with van der Waals surface area (Å²) >= 11 is 0. The zero-order valence-electron chi connectivity index (χ0n) is 9.23. The lowest BCUT2D eigenvalue weighted by atomic mass is 10.2. The molecule has 1 fully saturated rings. The maximum absolute atomic E-state index is 11.9. The largest absolute Gasteiger partial charge is 0.353 e. The first-order valence-electron chi connectivity index (χ1n) is 4.88. The Kier molecular flexibility index (Phi) is 3.69. The van der Waals surface area contributed by atoms with Crippen LogP contribution in [0.25, 0.3) is 0 Å². The molecule has 1 saturated heterocycles. The van der Waals surface area contributed by atoms with Crippen LogP contribution in [0.2, 0.25) is 0 Å². The molecule has 1 aliphatic rings. The van der Waals surface area contributed by atoms with Crippen LogP contribution >= 0.6 is 0 Å². The molecule has 1 heterocycles. The van der Waals surface area contributed by atoms with Crippen molar-refractivity contribution in [2.45, 2.75) is 19.4 Å². The quantitative estimate of drug-likeness (QED) is 0.682. The third kappa shape index (κ3) is 2.30. The van der Waals surface area contributed by atoms with Crippen molar-refractivity contribution >= 4 is 16.1 Å². The Bertz CT molecular complexity index is 339. The molecule has 0 aromatic rings. The van der Waals surface area contributed by atoms with E-state index in [1.165, 1.54) is 18.4 Å². The normalized spacial score (nSPS) is 24.3. The molecule has 0 aliphatic carbocycles. The van der Waals surface area contributed by atoms with E-state index in [1.54, 1.807) is 6.92 Å². The van der Waals surface area contributed by atoms with Gasteiger partial charge >= 0.3 is 0 Å². The van der Waals surface area contributed by atoms with Gasteiger partial charge in [-0.15, -0.1) is 0 Å². The lowest BCUT2D eigenvalue weighted by molar-refractivity contribution is -0.126. The van der Waals surface area contributed by atoms with E-state index >= 15 is 0 Å². The Hall–Kier alpha value is -0.660. The summed E-state index contributed by atoms with van der Waals surface area (Å²) in [7, 11) is -0.555. The SMILES string of the molecule is CCC1C(=O)NCCN1S(=O)(=O)N(C)C. The zero-order chi connectivity index (χ0) is 11.6. The Morgan fingerprint density at radius 2 is 2.13 bits per heavy atom. The van der Waals surface area contributed by atoms with Gasteiger partial charge in [0.25, 0.3) is 10.2 Å². The molecule has 0 saturated carbocycles. The van der Waals surface area contributed by atoms with Crippen LogP contribution in [0.3, 0.4) is 0 Å². The van der Waals surface area contributed by atoms with Crippen molar-refractivity contribution in [3.63, 3.8) is 0 Å². The van der Waals surface area contributed by atoms with Crippen molar-refractivity contribution in [3.8, 4) is 0 Å². The zero-order valence-corrected chi connectivity index (χ0v) is 10.0. The van der Waals surface area contributed by atoms with Crippen molar-refractivity contribution in [1.29, 1.82) is 0 Å². The Morgan fingerprint density at radius 1 is 1.53 bits per heavy atom. The summed E-state index contributed by atoms with van der Waals surface area (Å²) in [5.41, 5.74) is 0. The second kappa shape index (κ2) is 4.46. The standard InChI is InChI=1S/C8H17N3O3S/c1-4-7-8(12)9-5-6-11(7)15(13,14)10(2)3/h7H,4-6H2,1-3H3,(H,9,12). The number of hydrogen-bond donors (Lipinski definition) is 1. The number of rotatable bonds is 3. The van der Waals surface area contributed by atoms with Gasteiger partial charge in [0.05, 0.1) is 0 Å². The fourth-order valence-corrected chi connectivity index (χ4v) is 2.88. The number of hydrogen-bond acceptors (Lipinski definition) is 3. The molecule has 0 aromatic carbocycles. The summed E-state index contributed by atoms with van der Waals surface area (Å²) < 4.78 is 26.1. The number of carbonyl (C=O) groups excluding carboxylic acids is 1. The van der Waals surface area contributed by atoms with Gasteiger partial charge in [-0.05, 0) is 6.42 Å². The molecule has 1 unspecified atom stereocenters. The molecule has 1 N–H and O–H groups in total. The molecule has 0 radical (unpaired) electrons. The highest BCUT2D eigenvalue weighted by atomic mass is 32.2. The van der Waals surface area contributed by atoms with Crippen LogP contribution in [-0.2, 0) is 15.0 Å². The number of piperazine rings is 1. The van der Waals surface area contributed by atoms with Crippen molar-refractivity contribution in [3.05, 3.63) is 0 Å². The van der Waals surface area contributed by atoms with E-state index in [2.05, 4.69) is 5.32 Å². The second-order valence-corrected chi connectivity index (χ2v) is 5.71. The molecule has 88 valence electrons. The average Bonchev–Trinajstić information content (AvgIpc) is 2.17. The van der Waals surface area contributed by atoms with Crippen LogP contribution in [0.15, 0.2) is 0 Å². The van der Waals surface area contributed by atoms with Gasteiger partial charge in [-0.3, -0.25) is 4.79 Å². The molecule has 1 rings (SSSR count). The van der Waals surface area contributed by atoms with Gasteiger partial charge in [-0.25, -0.2) is 0 Å². The van der Waals surface area contributed by atoms with E-state index in [0.29, 0.717) is 19.5 Å². The van der Waals surface area contributed by atoms with Gasteiger partial charge in [0.1, 0.15) is 6.04 Å². The van der Waals surface area contributed by atoms with Crippen LogP contribution in [-0.4, -0.2) is 56.2 Å². The van der Waals surface area contributed by atoms with Gasteiger partial charge in [-0.2, -0.15) is 17.0 Å². The highest BCUT2D eigenvalue weighted by Crippen LogP contribution is 2.15. The molecule has 0 spiro atoms. The molecule has 15 heavy (non-hydrogen) atoms. The van der Waals surface area contributed by atoms with Crippen LogP contribution in [0.4, 0.5) is 0 Å². The maximum atomic E-state index is 11.9. The Labute approximate surface area is 90.4 Å². The molecule has 7 heteroatoms. The van der Waals surface area contributed by atoms with E-state index in [4.69, 9.17) is 0 Å². The monoisotopic (exact) mass is 235 g/mol. The third-order valence-corrected chi connectivity index (χ3v) is 4.38. The fraction of sp³-hybridized carbons (Fsp3) is 0.875. The summed E-state index contributed by atoms with van der Waals surface area (Å²) in [6.07, 6.45) is 0.485. The van der Waals surface area contributed by atoms with Crippen LogP contribution in [0, 0.1) is 0 Å². The molecule has 6 nitrogen and oxygen atoms in total. The molecule has 1 atom stereocenters.